The lowest BCUT2D eigenvalue weighted by Crippen LogP contribution is -2.46. The number of hydrogen-bond donors (Lipinski definition) is 0. The monoisotopic (exact) mass is 359 g/mol. The number of nitrogens with zero attached hydrogens (tertiary/aromatic N) is 1. The summed E-state index contributed by atoms with van der Waals surface area (Å²) in [4.78, 5) is 49.0. The van der Waals surface area contributed by atoms with E-state index in [1.807, 2.05) is 0 Å². The van der Waals surface area contributed by atoms with Gasteiger partial charge in [0.1, 0.15) is 17.2 Å². The average molecular weight is 359 g/mol. The van der Waals surface area contributed by atoms with E-state index in [-0.39, 0.29) is 6.42 Å². The molecule has 0 aromatic heterocycles. The minimum atomic E-state index is -1.34. The fourth-order valence-electron chi connectivity index (χ4n) is 2.07. The van der Waals surface area contributed by atoms with Gasteiger partial charge >= 0.3 is 18.2 Å². The van der Waals surface area contributed by atoms with E-state index in [0.29, 0.717) is 4.90 Å². The summed E-state index contributed by atoms with van der Waals surface area (Å²) < 4.78 is 19.7. The molecule has 9 heteroatoms. The highest BCUT2D eigenvalue weighted by Gasteiger charge is 2.51. The van der Waals surface area contributed by atoms with Crippen molar-refractivity contribution in [3.63, 3.8) is 0 Å². The van der Waals surface area contributed by atoms with Gasteiger partial charge in [0.25, 0.3) is 5.91 Å². The Balaban J connectivity index is 2.95. The van der Waals surface area contributed by atoms with Crippen LogP contribution in [-0.4, -0.2) is 59.5 Å². The van der Waals surface area contributed by atoms with E-state index in [4.69, 9.17) is 14.2 Å². The van der Waals surface area contributed by atoms with Crippen molar-refractivity contribution in [3.8, 4) is 0 Å². The van der Waals surface area contributed by atoms with E-state index >= 15 is 0 Å². The van der Waals surface area contributed by atoms with Crippen molar-refractivity contribution in [2.45, 2.75) is 71.3 Å². The summed E-state index contributed by atoms with van der Waals surface area (Å²) in [5.74, 6) is -1.68. The normalized spacial score (nSPS) is 20.9. The van der Waals surface area contributed by atoms with Gasteiger partial charge in [-0.15, -0.1) is 0 Å². The van der Waals surface area contributed by atoms with Gasteiger partial charge in [-0.25, -0.2) is 19.3 Å². The van der Waals surface area contributed by atoms with Crippen molar-refractivity contribution in [3.05, 3.63) is 0 Å². The number of imide groups is 1. The molecule has 1 aliphatic rings. The van der Waals surface area contributed by atoms with E-state index in [1.165, 1.54) is 0 Å². The van der Waals surface area contributed by atoms with E-state index in [2.05, 4.69) is 4.74 Å². The first-order valence-electron chi connectivity index (χ1n) is 7.78. The van der Waals surface area contributed by atoms with Gasteiger partial charge in [0.2, 0.25) is 0 Å². The molecule has 0 aromatic rings. The minimum absolute atomic E-state index is 0.232. The summed E-state index contributed by atoms with van der Waals surface area (Å²) >= 11 is 0. The van der Waals surface area contributed by atoms with E-state index in [9.17, 15) is 19.2 Å². The van der Waals surface area contributed by atoms with Crippen LogP contribution in [0.25, 0.3) is 0 Å². The molecule has 0 unspecified atom stereocenters. The number of hydrogen-bond acceptors (Lipinski definition) is 8. The third-order valence-corrected chi connectivity index (χ3v) is 2.95. The Kier molecular flexibility index (Phi) is 6.04. The van der Waals surface area contributed by atoms with Crippen molar-refractivity contribution in [1.29, 1.82) is 0 Å². The Morgan fingerprint density at radius 1 is 1.00 bits per heavy atom. The molecule has 0 aromatic carbocycles. The number of amides is 2. The van der Waals surface area contributed by atoms with Gasteiger partial charge < -0.3 is 18.9 Å². The highest BCUT2D eigenvalue weighted by atomic mass is 16.7. The van der Waals surface area contributed by atoms with Crippen LogP contribution in [-0.2, 0) is 28.5 Å². The van der Waals surface area contributed by atoms with Crippen LogP contribution in [0.5, 0.6) is 0 Å². The van der Waals surface area contributed by atoms with E-state index in [0.717, 1.165) is 7.11 Å². The molecule has 9 nitrogen and oxygen atoms in total. The molecule has 0 saturated carbocycles. The number of carbonyl (C=O) groups excluding carboxylic acids is 4. The largest absolute Gasteiger partial charge is 0.509 e. The maximum absolute atomic E-state index is 12.4. The molecule has 0 aliphatic carbocycles. The fraction of sp³-hybridized carbons (Fsp3) is 0.750. The van der Waals surface area contributed by atoms with Crippen molar-refractivity contribution < 1.29 is 38.1 Å². The summed E-state index contributed by atoms with van der Waals surface area (Å²) in [6, 6.07) is -1.24. The number of carbonyl (C=O) groups is 4. The number of esters is 1. The zero-order valence-electron chi connectivity index (χ0n) is 15.6. The van der Waals surface area contributed by atoms with Gasteiger partial charge in [0, 0.05) is 6.42 Å². The van der Waals surface area contributed by atoms with Gasteiger partial charge in [0.05, 0.1) is 7.11 Å². The fourth-order valence-corrected chi connectivity index (χ4v) is 2.07. The van der Waals surface area contributed by atoms with Crippen molar-refractivity contribution in [2.75, 3.05) is 7.11 Å². The number of ether oxygens (including phenoxy) is 4. The molecule has 1 heterocycles. The van der Waals surface area contributed by atoms with Crippen molar-refractivity contribution in [2.24, 2.45) is 0 Å². The van der Waals surface area contributed by atoms with E-state index in [1.54, 1.807) is 41.5 Å². The first-order valence-corrected chi connectivity index (χ1v) is 7.78. The molecule has 25 heavy (non-hydrogen) atoms. The molecule has 0 N–H and O–H groups in total. The molecule has 0 spiro atoms. The van der Waals surface area contributed by atoms with Gasteiger partial charge in [-0.1, -0.05) is 0 Å². The summed E-state index contributed by atoms with van der Waals surface area (Å²) in [5, 5.41) is 0. The third kappa shape index (κ3) is 5.91. The van der Waals surface area contributed by atoms with Crippen LogP contribution in [0.2, 0.25) is 0 Å². The molecule has 1 saturated heterocycles. The molecular formula is C16H25NO8. The summed E-state index contributed by atoms with van der Waals surface area (Å²) in [7, 11) is 1.13. The first-order chi connectivity index (χ1) is 11.2. The molecule has 0 radical (unpaired) electrons. The second kappa shape index (κ2) is 7.28. The summed E-state index contributed by atoms with van der Waals surface area (Å²) in [6.45, 7) is 9.76. The Labute approximate surface area is 146 Å². The van der Waals surface area contributed by atoms with Crippen molar-refractivity contribution in [1.82, 2.24) is 4.90 Å². The van der Waals surface area contributed by atoms with Gasteiger partial charge in [-0.3, -0.25) is 4.79 Å². The molecule has 1 aliphatic heterocycles. The first kappa shape index (κ1) is 20.7. The Bertz CT molecular complexity index is 557. The quantitative estimate of drug-likeness (QED) is 0.544. The van der Waals surface area contributed by atoms with Crippen LogP contribution in [0, 0.1) is 0 Å². The van der Waals surface area contributed by atoms with Gasteiger partial charge in [-0.2, -0.15) is 0 Å². The highest BCUT2D eigenvalue weighted by Crippen LogP contribution is 2.26. The lowest BCUT2D eigenvalue weighted by Gasteiger charge is -2.26. The maximum atomic E-state index is 12.4. The lowest BCUT2D eigenvalue weighted by molar-refractivity contribution is -0.149. The SMILES string of the molecule is COC(=O)[C@@H]1C[C@@H](OC(=O)OC(C)(C)C)C(=O)N1C(=O)OC(C)(C)C. The Morgan fingerprint density at radius 2 is 1.52 bits per heavy atom. The number of rotatable bonds is 2. The summed E-state index contributed by atoms with van der Waals surface area (Å²) in [6.07, 6.45) is -3.65. The third-order valence-electron chi connectivity index (χ3n) is 2.95. The minimum Gasteiger partial charge on any atom is -0.467 e. The van der Waals surface area contributed by atoms with Crippen molar-refractivity contribution >= 4 is 24.1 Å². The predicted octanol–water partition coefficient (Wildman–Crippen LogP) is 2.02. The predicted molar refractivity (Wildman–Crippen MR) is 84.6 cm³/mol. The topological polar surface area (TPSA) is 108 Å². The molecule has 2 atom stereocenters. The highest BCUT2D eigenvalue weighted by molar-refractivity contribution is 6.02. The van der Waals surface area contributed by atoms with Gasteiger partial charge in [0.15, 0.2) is 6.10 Å². The molecule has 0 bridgehead atoms. The Morgan fingerprint density at radius 3 is 1.96 bits per heavy atom. The zero-order chi connectivity index (χ0) is 19.6. The molecule has 142 valence electrons. The standard InChI is InChI=1S/C16H25NO8/c1-15(2,3)24-13(20)17-9(12(19)22-7)8-10(11(17)18)23-14(21)25-16(4,5)6/h9-10H,8H2,1-7H3/t9-,10+/m0/s1. The average Bonchev–Trinajstić information content (AvgIpc) is 2.71. The van der Waals surface area contributed by atoms with Crippen LogP contribution in [0.1, 0.15) is 48.0 Å². The zero-order valence-corrected chi connectivity index (χ0v) is 15.6. The molecule has 1 rings (SSSR count). The summed E-state index contributed by atoms with van der Waals surface area (Å²) in [5.41, 5.74) is -1.69. The lowest BCUT2D eigenvalue weighted by atomic mass is 10.2. The smallest absolute Gasteiger partial charge is 0.467 e. The number of likely N-dealkylation sites (tertiary alicyclic amines) is 1. The van der Waals surface area contributed by atoms with Crippen LogP contribution in [0.4, 0.5) is 9.59 Å². The van der Waals surface area contributed by atoms with E-state index < -0.39 is 47.5 Å². The second-order valence-electron chi connectivity index (χ2n) is 7.53. The van der Waals surface area contributed by atoms with Crippen LogP contribution in [0.15, 0.2) is 0 Å². The second-order valence-corrected chi connectivity index (χ2v) is 7.53. The number of methoxy groups -OCH3 is 1. The Hall–Kier alpha value is -2.32. The van der Waals surface area contributed by atoms with Crippen LogP contribution in [0.3, 0.4) is 0 Å². The molecule has 2 amide bonds. The maximum Gasteiger partial charge on any atom is 0.509 e. The molecule has 1 fully saturated rings. The van der Waals surface area contributed by atoms with Gasteiger partial charge in [-0.05, 0) is 41.5 Å². The van der Waals surface area contributed by atoms with Crippen LogP contribution < -0.4 is 0 Å². The molecular weight excluding hydrogens is 334 g/mol. The van der Waals surface area contributed by atoms with Crippen LogP contribution >= 0.6 is 0 Å².